The highest BCUT2D eigenvalue weighted by Gasteiger charge is 2.25. The number of carbonyl (C=O) groups excluding carboxylic acids is 1. The molecule has 8 nitrogen and oxygen atoms in total. The fourth-order valence-corrected chi connectivity index (χ4v) is 0.961. The Bertz CT molecular complexity index is 417. The van der Waals surface area contributed by atoms with Gasteiger partial charge in [0.2, 0.25) is 11.5 Å². The van der Waals surface area contributed by atoms with Crippen LogP contribution in [0.2, 0.25) is 0 Å². The Hall–Kier alpha value is -2.51. The summed E-state index contributed by atoms with van der Waals surface area (Å²) in [5.74, 6) is -4.43. The Balaban J connectivity index is 3.59. The molecule has 0 aromatic heterocycles. The summed E-state index contributed by atoms with van der Waals surface area (Å²) in [5, 5.41) is 37.6. The van der Waals surface area contributed by atoms with Crippen molar-refractivity contribution < 1.29 is 25.0 Å². The third kappa shape index (κ3) is 1.59. The number of benzene rings is 1. The van der Waals surface area contributed by atoms with Crippen LogP contribution < -0.4 is 5.73 Å². The molecule has 15 heavy (non-hydrogen) atoms. The van der Waals surface area contributed by atoms with Gasteiger partial charge in [0.25, 0.3) is 5.91 Å². The van der Waals surface area contributed by atoms with E-state index in [1.54, 1.807) is 0 Å². The molecule has 0 heterocycles. The van der Waals surface area contributed by atoms with Crippen LogP contribution in [0.15, 0.2) is 6.07 Å². The van der Waals surface area contributed by atoms with Crippen molar-refractivity contribution in [2.45, 2.75) is 0 Å². The van der Waals surface area contributed by atoms with Crippen molar-refractivity contribution in [3.8, 4) is 17.2 Å². The second-order valence-corrected chi connectivity index (χ2v) is 2.61. The number of nitrogens with zero attached hydrogens (tertiary/aromatic N) is 1. The lowest BCUT2D eigenvalue weighted by Crippen LogP contribution is -2.11. The molecule has 0 aliphatic heterocycles. The Morgan fingerprint density at radius 2 is 1.80 bits per heavy atom. The minimum atomic E-state index is -1.16. The minimum Gasteiger partial charge on any atom is -0.504 e. The molecule has 0 atom stereocenters. The minimum absolute atomic E-state index is 0.576. The molecular weight excluding hydrogens is 208 g/mol. The molecule has 1 amide bonds. The topological polar surface area (TPSA) is 147 Å². The van der Waals surface area contributed by atoms with Crippen LogP contribution >= 0.6 is 0 Å². The van der Waals surface area contributed by atoms with Gasteiger partial charge < -0.3 is 21.1 Å². The van der Waals surface area contributed by atoms with E-state index < -0.39 is 39.3 Å². The monoisotopic (exact) mass is 214 g/mol. The predicted octanol–water partition coefficient (Wildman–Crippen LogP) is -0.190. The fourth-order valence-electron chi connectivity index (χ4n) is 0.961. The number of nitro groups is 1. The van der Waals surface area contributed by atoms with Crippen LogP contribution in [-0.2, 0) is 0 Å². The lowest BCUT2D eigenvalue weighted by molar-refractivity contribution is -0.386. The predicted molar refractivity (Wildman–Crippen MR) is 46.6 cm³/mol. The van der Waals surface area contributed by atoms with Crippen LogP contribution in [0, 0.1) is 10.1 Å². The molecule has 1 aromatic carbocycles. The van der Waals surface area contributed by atoms with Gasteiger partial charge in [-0.3, -0.25) is 14.9 Å². The largest absolute Gasteiger partial charge is 0.504 e. The van der Waals surface area contributed by atoms with Gasteiger partial charge in [0.1, 0.15) is 0 Å². The van der Waals surface area contributed by atoms with Gasteiger partial charge in [0.05, 0.1) is 10.5 Å². The van der Waals surface area contributed by atoms with Crippen molar-refractivity contribution in [3.05, 3.63) is 21.7 Å². The number of phenols is 3. The molecule has 8 heteroatoms. The summed E-state index contributed by atoms with van der Waals surface area (Å²) in [6.07, 6.45) is 0. The number of phenolic OH excluding ortho intramolecular Hbond substituents is 2. The zero-order valence-corrected chi connectivity index (χ0v) is 7.17. The quantitative estimate of drug-likeness (QED) is 0.304. The molecule has 5 N–H and O–H groups in total. The van der Waals surface area contributed by atoms with Gasteiger partial charge in [-0.25, -0.2) is 0 Å². The number of primary amides is 1. The maximum absolute atomic E-state index is 10.7. The third-order valence-electron chi connectivity index (χ3n) is 1.69. The Morgan fingerprint density at radius 1 is 1.27 bits per heavy atom. The first kappa shape index (κ1) is 10.6. The van der Waals surface area contributed by atoms with E-state index in [-0.39, 0.29) is 0 Å². The normalized spacial score (nSPS) is 9.87. The van der Waals surface area contributed by atoms with Crippen LogP contribution in [0.3, 0.4) is 0 Å². The molecule has 0 radical (unpaired) electrons. The van der Waals surface area contributed by atoms with Gasteiger partial charge >= 0.3 is 5.69 Å². The first-order chi connectivity index (χ1) is 6.86. The summed E-state index contributed by atoms with van der Waals surface area (Å²) < 4.78 is 0. The molecular formula is C7H6N2O6. The van der Waals surface area contributed by atoms with E-state index in [1.807, 2.05) is 0 Å². The van der Waals surface area contributed by atoms with E-state index in [9.17, 15) is 14.9 Å². The van der Waals surface area contributed by atoms with Crippen molar-refractivity contribution >= 4 is 11.6 Å². The number of nitrogens with two attached hydrogens (primary N) is 1. The van der Waals surface area contributed by atoms with E-state index in [4.69, 9.17) is 21.1 Å². The average Bonchev–Trinajstić information content (AvgIpc) is 2.13. The summed E-state index contributed by atoms with van der Waals surface area (Å²) in [5.41, 5.74) is 3.23. The van der Waals surface area contributed by atoms with Gasteiger partial charge in [-0.15, -0.1) is 0 Å². The number of nitro benzene ring substituents is 1. The number of aromatic hydroxyl groups is 3. The second kappa shape index (κ2) is 3.33. The van der Waals surface area contributed by atoms with Crippen LogP contribution in [-0.4, -0.2) is 26.2 Å². The van der Waals surface area contributed by atoms with Crippen molar-refractivity contribution in [2.24, 2.45) is 5.73 Å². The maximum atomic E-state index is 10.7. The molecule has 0 saturated heterocycles. The first-order valence-corrected chi connectivity index (χ1v) is 3.58. The highest BCUT2D eigenvalue weighted by molar-refractivity contribution is 5.98. The van der Waals surface area contributed by atoms with Crippen LogP contribution in [0.1, 0.15) is 10.4 Å². The van der Waals surface area contributed by atoms with E-state index in [0.717, 1.165) is 0 Å². The SMILES string of the molecule is NC(=O)c1cc([N+](=O)[O-])c(O)c(O)c1O. The van der Waals surface area contributed by atoms with Crippen molar-refractivity contribution in [1.29, 1.82) is 0 Å². The van der Waals surface area contributed by atoms with Gasteiger partial charge in [-0.1, -0.05) is 0 Å². The third-order valence-corrected chi connectivity index (χ3v) is 1.69. The zero-order valence-electron chi connectivity index (χ0n) is 7.17. The van der Waals surface area contributed by atoms with Crippen molar-refractivity contribution in [3.63, 3.8) is 0 Å². The number of hydrogen-bond donors (Lipinski definition) is 4. The highest BCUT2D eigenvalue weighted by atomic mass is 16.6. The fraction of sp³-hybridized carbons (Fsp3) is 0. The molecule has 0 aliphatic rings. The van der Waals surface area contributed by atoms with Crippen molar-refractivity contribution in [2.75, 3.05) is 0 Å². The molecule has 1 aromatic rings. The van der Waals surface area contributed by atoms with Gasteiger partial charge in [0, 0.05) is 6.07 Å². The average molecular weight is 214 g/mol. The summed E-state index contributed by atoms with van der Waals surface area (Å²) in [4.78, 5) is 20.0. The van der Waals surface area contributed by atoms with Crippen LogP contribution in [0.25, 0.3) is 0 Å². The zero-order chi connectivity index (χ0) is 11.7. The molecule has 0 spiro atoms. The lowest BCUT2D eigenvalue weighted by Gasteiger charge is -2.04. The molecule has 0 fully saturated rings. The maximum Gasteiger partial charge on any atom is 0.315 e. The molecule has 0 saturated carbocycles. The summed E-state index contributed by atoms with van der Waals surface area (Å²) >= 11 is 0. The molecule has 1 rings (SSSR count). The molecule has 0 bridgehead atoms. The summed E-state index contributed by atoms with van der Waals surface area (Å²) in [6.45, 7) is 0. The second-order valence-electron chi connectivity index (χ2n) is 2.61. The Kier molecular flexibility index (Phi) is 2.35. The van der Waals surface area contributed by atoms with Gasteiger partial charge in [-0.2, -0.15) is 0 Å². The number of hydrogen-bond acceptors (Lipinski definition) is 6. The smallest absolute Gasteiger partial charge is 0.315 e. The Labute approximate surface area is 82.3 Å². The van der Waals surface area contributed by atoms with E-state index in [2.05, 4.69) is 0 Å². The van der Waals surface area contributed by atoms with Crippen LogP contribution in [0.4, 0.5) is 5.69 Å². The standard InChI is InChI=1S/C7H6N2O6/c8-7(13)2-1-3(9(14)15)5(11)6(12)4(2)10/h1,10-12H,(H2,8,13). The van der Waals surface area contributed by atoms with E-state index in [0.29, 0.717) is 6.07 Å². The molecule has 80 valence electrons. The summed E-state index contributed by atoms with van der Waals surface area (Å²) in [7, 11) is 0. The lowest BCUT2D eigenvalue weighted by atomic mass is 10.1. The molecule has 0 aliphatic carbocycles. The first-order valence-electron chi connectivity index (χ1n) is 3.58. The number of amides is 1. The van der Waals surface area contributed by atoms with Gasteiger partial charge in [0.15, 0.2) is 5.75 Å². The number of carbonyl (C=O) groups is 1. The van der Waals surface area contributed by atoms with Gasteiger partial charge in [-0.05, 0) is 0 Å². The Morgan fingerprint density at radius 3 is 2.20 bits per heavy atom. The highest BCUT2D eigenvalue weighted by Crippen LogP contribution is 2.43. The van der Waals surface area contributed by atoms with Crippen LogP contribution in [0.5, 0.6) is 17.2 Å². The summed E-state index contributed by atoms with van der Waals surface area (Å²) in [6, 6.07) is 0.576. The van der Waals surface area contributed by atoms with E-state index >= 15 is 0 Å². The molecule has 0 unspecified atom stereocenters. The van der Waals surface area contributed by atoms with E-state index in [1.165, 1.54) is 0 Å². The number of rotatable bonds is 2. The van der Waals surface area contributed by atoms with Crippen molar-refractivity contribution in [1.82, 2.24) is 0 Å².